The number of fused-ring (bicyclic) bond motifs is 1. The van der Waals surface area contributed by atoms with Crippen molar-refractivity contribution in [2.75, 3.05) is 31.1 Å². The average Bonchev–Trinajstić information content (AvgIpc) is 3.29. The third kappa shape index (κ3) is 5.38. The number of piperidine rings is 1. The van der Waals surface area contributed by atoms with Crippen LogP contribution in [0.2, 0.25) is 0 Å². The van der Waals surface area contributed by atoms with Gasteiger partial charge in [-0.3, -0.25) is 29.3 Å². The van der Waals surface area contributed by atoms with Crippen molar-refractivity contribution in [1.29, 1.82) is 0 Å². The topological polar surface area (TPSA) is 102 Å². The summed E-state index contributed by atoms with van der Waals surface area (Å²) in [5, 5.41) is 15.8. The number of nitrogens with zero attached hydrogens (tertiary/aromatic N) is 5. The van der Waals surface area contributed by atoms with Crippen molar-refractivity contribution in [3.63, 3.8) is 0 Å². The largest absolute Gasteiger partial charge is 0.302 e. The minimum Gasteiger partial charge on any atom is -0.302 e. The summed E-state index contributed by atoms with van der Waals surface area (Å²) in [6, 6.07) is 15.3. The van der Waals surface area contributed by atoms with Crippen LogP contribution in [0.3, 0.4) is 0 Å². The van der Waals surface area contributed by atoms with E-state index in [1.165, 1.54) is 24.3 Å². The minimum absolute atomic E-state index is 0.0237. The molecule has 1 aromatic heterocycles. The lowest BCUT2D eigenvalue weighted by molar-refractivity contribution is -0.384. The number of aryl methyl sites for hydroxylation is 2. The fourth-order valence-electron chi connectivity index (χ4n) is 5.69. The number of aromatic nitrogens is 2. The van der Waals surface area contributed by atoms with Crippen LogP contribution in [-0.4, -0.2) is 57.5 Å². The van der Waals surface area contributed by atoms with Gasteiger partial charge in [0.1, 0.15) is 5.82 Å². The summed E-state index contributed by atoms with van der Waals surface area (Å²) in [5.41, 5.74) is 3.32. The van der Waals surface area contributed by atoms with Gasteiger partial charge in [-0.15, -0.1) is 0 Å². The van der Waals surface area contributed by atoms with E-state index in [9.17, 15) is 19.7 Å². The normalized spacial score (nSPS) is 16.1. The predicted molar refractivity (Wildman–Crippen MR) is 145 cm³/mol. The molecule has 1 fully saturated rings. The van der Waals surface area contributed by atoms with Crippen LogP contribution in [0.4, 0.5) is 11.5 Å². The molecule has 1 saturated heterocycles. The van der Waals surface area contributed by atoms with E-state index in [1.54, 1.807) is 4.90 Å². The Balaban J connectivity index is 1.31. The van der Waals surface area contributed by atoms with Gasteiger partial charge in [-0.05, 0) is 63.7 Å². The summed E-state index contributed by atoms with van der Waals surface area (Å²) in [5.74, 6) is 0.861. The lowest BCUT2D eigenvalue weighted by atomic mass is 9.89. The molecule has 1 amide bonds. The zero-order valence-electron chi connectivity index (χ0n) is 21.7. The van der Waals surface area contributed by atoms with Gasteiger partial charge >= 0.3 is 0 Å². The summed E-state index contributed by atoms with van der Waals surface area (Å²) in [6.07, 6.45) is 5.54. The van der Waals surface area contributed by atoms with Gasteiger partial charge in [-0.1, -0.05) is 30.3 Å². The number of nitro groups is 1. The predicted octanol–water partition coefficient (Wildman–Crippen LogP) is 4.45. The lowest BCUT2D eigenvalue weighted by Gasteiger charge is -2.33. The van der Waals surface area contributed by atoms with E-state index >= 15 is 0 Å². The second-order valence-electron chi connectivity index (χ2n) is 10.2. The summed E-state index contributed by atoms with van der Waals surface area (Å²) in [4.78, 5) is 41.4. The molecule has 0 saturated carbocycles. The van der Waals surface area contributed by atoms with Crippen LogP contribution in [0.5, 0.6) is 0 Å². The first-order valence-corrected chi connectivity index (χ1v) is 13.3. The molecule has 1 aliphatic carbocycles. The number of hydrogen-bond acceptors (Lipinski definition) is 6. The number of anilines is 1. The van der Waals surface area contributed by atoms with E-state index < -0.39 is 4.92 Å². The quantitative estimate of drug-likeness (QED) is 0.250. The maximum Gasteiger partial charge on any atom is 0.269 e. The maximum atomic E-state index is 13.8. The molecule has 2 aromatic carbocycles. The molecule has 9 heteroatoms. The molecule has 0 unspecified atom stereocenters. The van der Waals surface area contributed by atoms with Crippen LogP contribution in [0, 0.1) is 16.0 Å². The number of rotatable bonds is 8. The molecule has 0 spiro atoms. The molecule has 0 N–H and O–H groups in total. The molecular formula is C29H33N5O4. The highest BCUT2D eigenvalue weighted by atomic mass is 16.6. The summed E-state index contributed by atoms with van der Waals surface area (Å²) >= 11 is 0. The molecule has 2 heterocycles. The van der Waals surface area contributed by atoms with Gasteiger partial charge in [-0.25, -0.2) is 0 Å². The number of hydrogen-bond donors (Lipinski definition) is 0. The summed E-state index contributed by atoms with van der Waals surface area (Å²) in [6.45, 7) is 2.74. The smallest absolute Gasteiger partial charge is 0.269 e. The number of amides is 1. The first-order valence-electron chi connectivity index (χ1n) is 13.3. The van der Waals surface area contributed by atoms with Crippen LogP contribution < -0.4 is 4.90 Å². The van der Waals surface area contributed by atoms with Gasteiger partial charge in [0, 0.05) is 54.9 Å². The second-order valence-corrected chi connectivity index (χ2v) is 10.2. The van der Waals surface area contributed by atoms with Crippen molar-refractivity contribution in [2.45, 2.75) is 38.5 Å². The number of nitro benzene ring substituents is 1. The van der Waals surface area contributed by atoms with E-state index in [1.807, 2.05) is 42.1 Å². The molecule has 38 heavy (non-hydrogen) atoms. The van der Waals surface area contributed by atoms with Crippen LogP contribution >= 0.6 is 0 Å². The van der Waals surface area contributed by atoms with Gasteiger partial charge < -0.3 is 4.90 Å². The Bertz CT molecular complexity index is 1310. The van der Waals surface area contributed by atoms with Crippen LogP contribution in [0.15, 0.2) is 54.6 Å². The zero-order chi connectivity index (χ0) is 26.6. The van der Waals surface area contributed by atoms with E-state index in [-0.39, 0.29) is 23.3 Å². The van der Waals surface area contributed by atoms with Crippen LogP contribution in [-0.2, 0) is 19.9 Å². The molecule has 9 nitrogen and oxygen atoms in total. The molecular weight excluding hydrogens is 482 g/mol. The first kappa shape index (κ1) is 25.8. The number of carbonyl (C=O) groups is 2. The van der Waals surface area contributed by atoms with Crippen molar-refractivity contribution in [3.8, 4) is 0 Å². The van der Waals surface area contributed by atoms with E-state index in [4.69, 9.17) is 5.10 Å². The van der Waals surface area contributed by atoms with E-state index in [0.29, 0.717) is 18.7 Å². The van der Waals surface area contributed by atoms with Gasteiger partial charge in [0.2, 0.25) is 0 Å². The van der Waals surface area contributed by atoms with Gasteiger partial charge in [0.05, 0.1) is 10.6 Å². The van der Waals surface area contributed by atoms with Crippen molar-refractivity contribution >= 4 is 23.2 Å². The molecule has 1 aliphatic heterocycles. The number of carbonyl (C=O) groups excluding carboxylic acids is 2. The highest BCUT2D eigenvalue weighted by Crippen LogP contribution is 2.31. The lowest BCUT2D eigenvalue weighted by Crippen LogP contribution is -2.43. The Hall–Kier alpha value is -3.85. The Labute approximate surface area is 222 Å². The molecule has 0 bridgehead atoms. The Morgan fingerprint density at radius 3 is 2.37 bits per heavy atom. The van der Waals surface area contributed by atoms with Crippen molar-refractivity contribution < 1.29 is 14.5 Å². The summed E-state index contributed by atoms with van der Waals surface area (Å²) < 4.78 is 1.81. The molecule has 5 rings (SSSR count). The van der Waals surface area contributed by atoms with Gasteiger partial charge in [0.25, 0.3) is 11.6 Å². The fourth-order valence-corrected chi connectivity index (χ4v) is 5.69. The Morgan fingerprint density at radius 1 is 1.00 bits per heavy atom. The van der Waals surface area contributed by atoms with Crippen molar-refractivity contribution in [2.24, 2.45) is 13.0 Å². The van der Waals surface area contributed by atoms with Crippen molar-refractivity contribution in [3.05, 3.63) is 87.1 Å². The SMILES string of the molecule is Cn1nc2c(c1N(CCN1CCC(C(=O)c3ccccc3)CC1)C(=O)c1ccc([N+](=O)[O-])cc1)CCCC2. The molecule has 3 aromatic rings. The third-order valence-electron chi connectivity index (χ3n) is 7.77. The van der Waals surface area contributed by atoms with E-state index in [0.717, 1.165) is 74.3 Å². The third-order valence-corrected chi connectivity index (χ3v) is 7.77. The molecule has 198 valence electrons. The van der Waals surface area contributed by atoms with Gasteiger partial charge in [0.15, 0.2) is 5.78 Å². The number of ketones is 1. The molecule has 2 aliphatic rings. The highest BCUT2D eigenvalue weighted by molar-refractivity contribution is 6.06. The number of likely N-dealkylation sites (tertiary alicyclic amines) is 1. The summed E-state index contributed by atoms with van der Waals surface area (Å²) in [7, 11) is 1.88. The minimum atomic E-state index is -0.463. The highest BCUT2D eigenvalue weighted by Gasteiger charge is 2.30. The number of non-ortho nitro benzene ring substituents is 1. The van der Waals surface area contributed by atoms with E-state index in [2.05, 4.69) is 4.90 Å². The zero-order valence-corrected chi connectivity index (χ0v) is 21.7. The molecule has 0 atom stereocenters. The van der Waals surface area contributed by atoms with Gasteiger partial charge in [-0.2, -0.15) is 5.10 Å². The molecule has 0 radical (unpaired) electrons. The van der Waals surface area contributed by atoms with Crippen LogP contribution in [0.25, 0.3) is 0 Å². The number of benzene rings is 2. The first-order chi connectivity index (χ1) is 18.4. The van der Waals surface area contributed by atoms with Crippen LogP contribution in [0.1, 0.15) is 57.7 Å². The fraction of sp³-hybridized carbons (Fsp3) is 0.414. The maximum absolute atomic E-state index is 13.8. The Morgan fingerprint density at radius 2 is 1.68 bits per heavy atom. The standard InChI is InChI=1S/C29H33N5O4/c1-31-28(25-9-5-6-10-26(25)30-31)33(29(36)23-11-13-24(14-12-23)34(37)38)20-19-32-17-15-22(16-18-32)27(35)21-7-3-2-4-8-21/h2-4,7-8,11-14,22H,5-6,9-10,15-20H2,1H3. The monoisotopic (exact) mass is 515 g/mol. The average molecular weight is 516 g/mol. The number of Topliss-reactive ketones (excluding diaryl/α,β-unsaturated/α-hetero) is 1. The second kappa shape index (κ2) is 11.3. The Kier molecular flexibility index (Phi) is 7.64. The van der Waals surface area contributed by atoms with Crippen molar-refractivity contribution in [1.82, 2.24) is 14.7 Å².